The molecule has 1 atom stereocenters. The van der Waals surface area contributed by atoms with E-state index in [1.807, 2.05) is 18.2 Å². The largest absolute Gasteiger partial charge is 0.459 e. The number of hydrogen-bond acceptors (Lipinski definition) is 3. The molecule has 1 amide bonds. The summed E-state index contributed by atoms with van der Waals surface area (Å²) in [6.45, 7) is 2.59. The SMILES string of the molecule is O=C(NC[C@H](c1ccccc1Cl)N1CCCCCC1)c1ccco1. The number of nitrogens with zero attached hydrogens (tertiary/aromatic N) is 1. The Morgan fingerprint density at radius 3 is 2.54 bits per heavy atom. The molecule has 4 nitrogen and oxygen atoms in total. The van der Waals surface area contributed by atoms with Crippen molar-refractivity contribution in [3.05, 3.63) is 59.0 Å². The number of rotatable bonds is 5. The highest BCUT2D eigenvalue weighted by Crippen LogP contribution is 2.29. The van der Waals surface area contributed by atoms with Crippen molar-refractivity contribution < 1.29 is 9.21 Å². The molecule has 3 rings (SSSR count). The van der Waals surface area contributed by atoms with Gasteiger partial charge in [-0.3, -0.25) is 9.69 Å². The van der Waals surface area contributed by atoms with Crippen molar-refractivity contribution >= 4 is 17.5 Å². The first kappa shape index (κ1) is 17.1. The van der Waals surface area contributed by atoms with E-state index in [2.05, 4.69) is 16.3 Å². The molecule has 0 unspecified atom stereocenters. The summed E-state index contributed by atoms with van der Waals surface area (Å²) >= 11 is 6.44. The zero-order valence-electron chi connectivity index (χ0n) is 13.7. The van der Waals surface area contributed by atoms with Crippen LogP contribution in [0.15, 0.2) is 47.1 Å². The minimum absolute atomic E-state index is 0.0794. The standard InChI is InChI=1S/C19H23ClN2O2/c20-16-9-4-3-8-15(16)17(22-11-5-1-2-6-12-22)14-21-19(23)18-10-7-13-24-18/h3-4,7-10,13,17H,1-2,5-6,11-12,14H2,(H,21,23)/t17-/m1/s1. The van der Waals surface area contributed by atoms with Crippen LogP contribution in [0.1, 0.15) is 47.8 Å². The smallest absolute Gasteiger partial charge is 0.287 e. The number of likely N-dealkylation sites (tertiary alicyclic amines) is 1. The molecule has 0 bridgehead atoms. The Balaban J connectivity index is 1.76. The molecular formula is C19H23ClN2O2. The van der Waals surface area contributed by atoms with Crippen molar-refractivity contribution in [1.82, 2.24) is 10.2 Å². The van der Waals surface area contributed by atoms with E-state index < -0.39 is 0 Å². The van der Waals surface area contributed by atoms with Gasteiger partial charge in [-0.1, -0.05) is 42.6 Å². The highest BCUT2D eigenvalue weighted by molar-refractivity contribution is 6.31. The molecule has 0 radical (unpaired) electrons. The number of carbonyl (C=O) groups is 1. The van der Waals surface area contributed by atoms with Crippen molar-refractivity contribution in [2.45, 2.75) is 31.7 Å². The molecular weight excluding hydrogens is 324 g/mol. The summed E-state index contributed by atoms with van der Waals surface area (Å²) in [5.41, 5.74) is 1.07. The van der Waals surface area contributed by atoms with Gasteiger partial charge in [0.15, 0.2) is 5.76 Å². The molecule has 1 fully saturated rings. The van der Waals surface area contributed by atoms with Crippen molar-refractivity contribution in [3.63, 3.8) is 0 Å². The molecule has 1 aliphatic rings. The third kappa shape index (κ3) is 4.19. The molecule has 1 aromatic carbocycles. The number of furan rings is 1. The van der Waals surface area contributed by atoms with Gasteiger partial charge < -0.3 is 9.73 Å². The fourth-order valence-corrected chi connectivity index (χ4v) is 3.53. The molecule has 0 saturated carbocycles. The lowest BCUT2D eigenvalue weighted by Gasteiger charge is -2.31. The number of nitrogens with one attached hydrogen (secondary N) is 1. The van der Waals surface area contributed by atoms with Crippen molar-refractivity contribution in [2.75, 3.05) is 19.6 Å². The van der Waals surface area contributed by atoms with Gasteiger partial charge in [0, 0.05) is 11.6 Å². The lowest BCUT2D eigenvalue weighted by molar-refractivity contribution is 0.0905. The third-order valence-corrected chi connectivity index (χ3v) is 4.89. The average Bonchev–Trinajstić information content (AvgIpc) is 3.00. The summed E-state index contributed by atoms with van der Waals surface area (Å²) < 4.78 is 5.17. The molecule has 1 aromatic heterocycles. The van der Waals surface area contributed by atoms with E-state index in [1.165, 1.54) is 31.9 Å². The van der Waals surface area contributed by atoms with Crippen LogP contribution in [-0.4, -0.2) is 30.4 Å². The second-order valence-electron chi connectivity index (χ2n) is 6.17. The third-order valence-electron chi connectivity index (χ3n) is 4.55. The Morgan fingerprint density at radius 1 is 1.12 bits per heavy atom. The molecule has 128 valence electrons. The molecule has 1 saturated heterocycles. The Morgan fingerprint density at radius 2 is 1.88 bits per heavy atom. The number of carbonyl (C=O) groups excluding carboxylic acids is 1. The predicted molar refractivity (Wildman–Crippen MR) is 95.3 cm³/mol. The molecule has 1 aliphatic heterocycles. The van der Waals surface area contributed by atoms with Crippen LogP contribution >= 0.6 is 11.6 Å². The van der Waals surface area contributed by atoms with Crippen LogP contribution in [-0.2, 0) is 0 Å². The topological polar surface area (TPSA) is 45.5 Å². The van der Waals surface area contributed by atoms with Crippen molar-refractivity contribution in [1.29, 1.82) is 0 Å². The zero-order chi connectivity index (χ0) is 16.8. The maximum atomic E-state index is 12.2. The van der Waals surface area contributed by atoms with Gasteiger partial charge in [0.05, 0.1) is 12.3 Å². The van der Waals surface area contributed by atoms with E-state index in [-0.39, 0.29) is 11.9 Å². The van der Waals surface area contributed by atoms with Gasteiger partial charge in [0.1, 0.15) is 0 Å². The maximum absolute atomic E-state index is 12.2. The molecule has 5 heteroatoms. The summed E-state index contributed by atoms with van der Waals surface area (Å²) in [6.07, 6.45) is 6.42. The van der Waals surface area contributed by atoms with Crippen molar-refractivity contribution in [3.8, 4) is 0 Å². The minimum atomic E-state index is -0.188. The van der Waals surface area contributed by atoms with E-state index in [9.17, 15) is 4.79 Å². The van der Waals surface area contributed by atoms with Crippen LogP contribution in [0.3, 0.4) is 0 Å². The number of halogens is 1. The summed E-state index contributed by atoms with van der Waals surface area (Å²) in [5.74, 6) is 0.149. The molecule has 2 heterocycles. The van der Waals surface area contributed by atoms with Gasteiger partial charge in [0.2, 0.25) is 0 Å². The van der Waals surface area contributed by atoms with E-state index >= 15 is 0 Å². The summed E-state index contributed by atoms with van der Waals surface area (Å²) in [4.78, 5) is 14.7. The first-order chi connectivity index (χ1) is 11.8. The summed E-state index contributed by atoms with van der Waals surface area (Å²) in [7, 11) is 0. The Labute approximate surface area is 147 Å². The predicted octanol–water partition coefficient (Wildman–Crippen LogP) is 4.28. The highest BCUT2D eigenvalue weighted by Gasteiger charge is 2.24. The first-order valence-electron chi connectivity index (χ1n) is 8.56. The van der Waals surface area contributed by atoms with Gasteiger partial charge >= 0.3 is 0 Å². The lowest BCUT2D eigenvalue weighted by atomic mass is 10.0. The first-order valence-corrected chi connectivity index (χ1v) is 8.93. The van der Waals surface area contributed by atoms with Gasteiger partial charge in [-0.25, -0.2) is 0 Å². The second-order valence-corrected chi connectivity index (χ2v) is 6.58. The molecule has 0 aliphatic carbocycles. The van der Waals surface area contributed by atoms with Crippen molar-refractivity contribution in [2.24, 2.45) is 0 Å². The highest BCUT2D eigenvalue weighted by atomic mass is 35.5. The number of amides is 1. The van der Waals surface area contributed by atoms with Gasteiger partial charge in [-0.2, -0.15) is 0 Å². The van der Waals surface area contributed by atoms with E-state index in [0.29, 0.717) is 12.3 Å². The number of benzene rings is 1. The van der Waals surface area contributed by atoms with Gasteiger partial charge in [-0.15, -0.1) is 0 Å². The van der Waals surface area contributed by atoms with Crippen LogP contribution in [0, 0.1) is 0 Å². The van der Waals surface area contributed by atoms with Gasteiger partial charge in [-0.05, 0) is 49.7 Å². The van der Waals surface area contributed by atoms with Crippen LogP contribution < -0.4 is 5.32 Å². The van der Waals surface area contributed by atoms with E-state index in [4.69, 9.17) is 16.0 Å². The maximum Gasteiger partial charge on any atom is 0.287 e. The lowest BCUT2D eigenvalue weighted by Crippen LogP contribution is -2.38. The minimum Gasteiger partial charge on any atom is -0.459 e. The monoisotopic (exact) mass is 346 g/mol. The average molecular weight is 347 g/mol. The molecule has 2 aromatic rings. The Hall–Kier alpha value is -1.78. The van der Waals surface area contributed by atoms with E-state index in [1.54, 1.807) is 12.1 Å². The quantitative estimate of drug-likeness (QED) is 0.878. The fraction of sp³-hybridized carbons (Fsp3) is 0.421. The van der Waals surface area contributed by atoms with Crippen LogP contribution in [0.25, 0.3) is 0 Å². The van der Waals surface area contributed by atoms with Crippen LogP contribution in [0.2, 0.25) is 5.02 Å². The summed E-state index contributed by atoms with van der Waals surface area (Å²) in [5, 5.41) is 3.74. The second kappa shape index (κ2) is 8.36. The zero-order valence-corrected chi connectivity index (χ0v) is 14.5. The van der Waals surface area contributed by atoms with Crippen LogP contribution in [0.5, 0.6) is 0 Å². The molecule has 1 N–H and O–H groups in total. The van der Waals surface area contributed by atoms with Gasteiger partial charge in [0.25, 0.3) is 5.91 Å². The normalized spacial score (nSPS) is 17.2. The fourth-order valence-electron chi connectivity index (χ4n) is 3.27. The Bertz CT molecular complexity index is 649. The van der Waals surface area contributed by atoms with E-state index in [0.717, 1.165) is 23.7 Å². The number of hydrogen-bond donors (Lipinski definition) is 1. The Kier molecular flexibility index (Phi) is 5.94. The van der Waals surface area contributed by atoms with Crippen LogP contribution in [0.4, 0.5) is 0 Å². The molecule has 0 spiro atoms. The molecule has 24 heavy (non-hydrogen) atoms. The summed E-state index contributed by atoms with van der Waals surface area (Å²) in [6, 6.07) is 11.4.